The lowest BCUT2D eigenvalue weighted by atomic mass is 10.1. The van der Waals surface area contributed by atoms with Crippen molar-refractivity contribution in [3.05, 3.63) is 41.0 Å². The zero-order chi connectivity index (χ0) is 14.9. The highest BCUT2D eigenvalue weighted by Crippen LogP contribution is 2.37. The number of esters is 1. The minimum absolute atomic E-state index is 0.0902. The molecule has 1 aromatic carbocycles. The molecule has 1 aliphatic carbocycles. The molecule has 2 saturated heterocycles. The maximum atomic E-state index is 11.9. The summed E-state index contributed by atoms with van der Waals surface area (Å²) < 4.78 is 21.3. The van der Waals surface area contributed by atoms with Crippen LogP contribution in [0.15, 0.2) is 29.8 Å². The Morgan fingerprint density at radius 1 is 0.955 bits per heavy atom. The summed E-state index contributed by atoms with van der Waals surface area (Å²) in [4.78, 5) is 11.9. The second-order valence-electron chi connectivity index (χ2n) is 5.83. The van der Waals surface area contributed by atoms with E-state index in [4.69, 9.17) is 18.9 Å². The van der Waals surface area contributed by atoms with Crippen LogP contribution in [0.1, 0.15) is 28.8 Å². The average molecular weight is 302 g/mol. The molecule has 22 heavy (non-hydrogen) atoms. The van der Waals surface area contributed by atoms with Gasteiger partial charge in [-0.05, 0) is 30.5 Å². The highest BCUT2D eigenvalue weighted by molar-refractivity contribution is 5.89. The van der Waals surface area contributed by atoms with E-state index in [1.165, 1.54) is 5.57 Å². The van der Waals surface area contributed by atoms with Crippen LogP contribution < -0.4 is 0 Å². The van der Waals surface area contributed by atoms with Crippen molar-refractivity contribution in [2.45, 2.75) is 25.0 Å². The number of carbonyl (C=O) groups excluding carboxylic acids is 1. The smallest absolute Gasteiger partial charge is 0.338 e. The molecule has 5 heteroatoms. The van der Waals surface area contributed by atoms with Gasteiger partial charge in [0.05, 0.1) is 18.8 Å². The van der Waals surface area contributed by atoms with Gasteiger partial charge in [0.15, 0.2) is 0 Å². The summed E-state index contributed by atoms with van der Waals surface area (Å²) >= 11 is 0. The van der Waals surface area contributed by atoms with Crippen LogP contribution in [0.25, 0.3) is 5.76 Å². The zero-order valence-corrected chi connectivity index (χ0v) is 12.2. The third-order valence-electron chi connectivity index (χ3n) is 3.82. The van der Waals surface area contributed by atoms with Gasteiger partial charge in [-0.15, -0.1) is 0 Å². The van der Waals surface area contributed by atoms with Crippen molar-refractivity contribution in [3.63, 3.8) is 0 Å². The van der Waals surface area contributed by atoms with Crippen molar-refractivity contribution in [1.82, 2.24) is 0 Å². The molecular formula is C17H18O5. The van der Waals surface area contributed by atoms with E-state index in [1.54, 1.807) is 12.1 Å². The van der Waals surface area contributed by atoms with Crippen molar-refractivity contribution < 1.29 is 23.7 Å². The van der Waals surface area contributed by atoms with Gasteiger partial charge in [0.25, 0.3) is 0 Å². The Bertz CT molecular complexity index is 590. The number of carbonyl (C=O) groups is 1. The number of ether oxygens (including phenoxy) is 4. The lowest BCUT2D eigenvalue weighted by molar-refractivity contribution is 0.0476. The van der Waals surface area contributed by atoms with E-state index in [9.17, 15) is 4.79 Å². The topological polar surface area (TPSA) is 60.6 Å². The third-order valence-corrected chi connectivity index (χ3v) is 3.82. The molecule has 3 fully saturated rings. The van der Waals surface area contributed by atoms with E-state index < -0.39 is 0 Å². The lowest BCUT2D eigenvalue weighted by Gasteiger charge is -2.10. The third kappa shape index (κ3) is 3.48. The molecule has 0 spiro atoms. The molecule has 5 nitrogen and oxygen atoms in total. The predicted molar refractivity (Wildman–Crippen MR) is 78.3 cm³/mol. The molecule has 0 N–H and O–H groups in total. The van der Waals surface area contributed by atoms with Gasteiger partial charge in [-0.3, -0.25) is 0 Å². The van der Waals surface area contributed by atoms with Crippen molar-refractivity contribution >= 4 is 11.7 Å². The van der Waals surface area contributed by atoms with Crippen LogP contribution >= 0.6 is 0 Å². The highest BCUT2D eigenvalue weighted by atomic mass is 16.6. The normalized spacial score (nSPS) is 24.6. The molecule has 2 aliphatic heterocycles. The highest BCUT2D eigenvalue weighted by Gasteiger charge is 2.27. The fraction of sp³-hybridized carbons (Fsp3) is 0.471. The molecule has 3 aliphatic rings. The minimum atomic E-state index is -0.310. The summed E-state index contributed by atoms with van der Waals surface area (Å²) in [5.41, 5.74) is 2.90. The molecule has 1 aromatic rings. The standard InChI is InChI=1S/C17H18O5/c18-17(22-10-15-8-20-15)13-5-3-12(4-6-13)16(11-1-2-11)21-9-14-7-19-14/h3-6,14-15H,1-2,7-10H2. The molecular weight excluding hydrogens is 284 g/mol. The molecule has 4 rings (SSSR count). The van der Waals surface area contributed by atoms with Crippen LogP contribution in [0, 0.1) is 0 Å². The molecule has 2 heterocycles. The summed E-state index contributed by atoms with van der Waals surface area (Å²) in [5, 5.41) is 0. The maximum Gasteiger partial charge on any atom is 0.338 e. The number of hydrogen-bond acceptors (Lipinski definition) is 5. The summed E-state index contributed by atoms with van der Waals surface area (Å²) in [6.45, 7) is 2.41. The second-order valence-corrected chi connectivity index (χ2v) is 5.83. The van der Waals surface area contributed by atoms with Crippen LogP contribution in [0.2, 0.25) is 0 Å². The van der Waals surface area contributed by atoms with E-state index in [-0.39, 0.29) is 18.2 Å². The first-order valence-corrected chi connectivity index (χ1v) is 7.65. The van der Waals surface area contributed by atoms with Crippen molar-refractivity contribution in [2.75, 3.05) is 26.4 Å². The van der Waals surface area contributed by atoms with E-state index in [0.29, 0.717) is 25.4 Å². The van der Waals surface area contributed by atoms with E-state index in [1.807, 2.05) is 12.1 Å². The maximum absolute atomic E-state index is 11.9. The van der Waals surface area contributed by atoms with Crippen LogP contribution in [0.5, 0.6) is 0 Å². The molecule has 1 saturated carbocycles. The molecule has 116 valence electrons. The van der Waals surface area contributed by atoms with Gasteiger partial charge in [0.2, 0.25) is 0 Å². The van der Waals surface area contributed by atoms with Gasteiger partial charge >= 0.3 is 5.97 Å². The van der Waals surface area contributed by atoms with Crippen LogP contribution in [-0.4, -0.2) is 44.6 Å². The summed E-state index contributed by atoms with van der Waals surface area (Å²) in [7, 11) is 0. The minimum Gasteiger partial charge on any atom is -0.490 e. The summed E-state index contributed by atoms with van der Waals surface area (Å²) in [5.74, 6) is 0.636. The zero-order valence-electron chi connectivity index (χ0n) is 12.2. The number of epoxide rings is 2. The van der Waals surface area contributed by atoms with Gasteiger partial charge < -0.3 is 18.9 Å². The first kappa shape index (κ1) is 13.8. The second kappa shape index (κ2) is 5.74. The number of hydrogen-bond donors (Lipinski definition) is 0. The Kier molecular flexibility index (Phi) is 3.60. The molecule has 2 unspecified atom stereocenters. The summed E-state index contributed by atoms with van der Waals surface area (Å²) in [6.07, 6.45) is 2.51. The molecule has 0 bridgehead atoms. The Morgan fingerprint density at radius 2 is 1.50 bits per heavy atom. The van der Waals surface area contributed by atoms with E-state index in [0.717, 1.165) is 30.8 Å². The van der Waals surface area contributed by atoms with Gasteiger partial charge in [-0.25, -0.2) is 4.79 Å². The summed E-state index contributed by atoms with van der Waals surface area (Å²) in [6, 6.07) is 7.40. The Morgan fingerprint density at radius 3 is 2.05 bits per heavy atom. The van der Waals surface area contributed by atoms with Crippen molar-refractivity contribution in [1.29, 1.82) is 0 Å². The fourth-order valence-corrected chi connectivity index (χ4v) is 2.19. The molecule has 2 atom stereocenters. The largest absolute Gasteiger partial charge is 0.490 e. The van der Waals surface area contributed by atoms with Crippen LogP contribution in [0.4, 0.5) is 0 Å². The molecule has 0 amide bonds. The average Bonchev–Trinajstić information content (AvgIpc) is 3.40. The van der Waals surface area contributed by atoms with Crippen molar-refractivity contribution in [2.24, 2.45) is 0 Å². The monoisotopic (exact) mass is 302 g/mol. The van der Waals surface area contributed by atoms with Crippen LogP contribution in [-0.2, 0) is 18.9 Å². The number of benzene rings is 1. The lowest BCUT2D eigenvalue weighted by Crippen LogP contribution is -2.10. The van der Waals surface area contributed by atoms with Gasteiger partial charge in [0.1, 0.15) is 31.2 Å². The Hall–Kier alpha value is -1.85. The number of allylic oxidation sites excluding steroid dienone is 1. The SMILES string of the molecule is O=C(OCC1CO1)c1ccc(C(OCC2CO2)=C2CC2)cc1. The predicted octanol–water partition coefficient (Wildman–Crippen LogP) is 2.16. The van der Waals surface area contributed by atoms with Crippen molar-refractivity contribution in [3.8, 4) is 0 Å². The first-order valence-electron chi connectivity index (χ1n) is 7.65. The van der Waals surface area contributed by atoms with Gasteiger partial charge in [0, 0.05) is 5.56 Å². The number of rotatable bonds is 7. The van der Waals surface area contributed by atoms with Crippen LogP contribution in [0.3, 0.4) is 0 Å². The Balaban J connectivity index is 1.40. The quantitative estimate of drug-likeness (QED) is 0.439. The molecule has 0 aromatic heterocycles. The van der Waals surface area contributed by atoms with Gasteiger partial charge in [-0.1, -0.05) is 12.1 Å². The van der Waals surface area contributed by atoms with E-state index in [2.05, 4.69) is 0 Å². The van der Waals surface area contributed by atoms with Gasteiger partial charge in [-0.2, -0.15) is 0 Å². The molecule has 0 radical (unpaired) electrons. The Labute approximate surface area is 128 Å². The van der Waals surface area contributed by atoms with E-state index >= 15 is 0 Å². The first-order chi connectivity index (χ1) is 10.8. The fourth-order valence-electron chi connectivity index (χ4n) is 2.19.